The predicted molar refractivity (Wildman–Crippen MR) is 105 cm³/mol. The molecule has 148 valence electrons. The molecule has 0 aliphatic carbocycles. The van der Waals surface area contributed by atoms with E-state index in [0.717, 1.165) is 24.5 Å². The maximum Gasteiger partial charge on any atom is 0.339 e. The molecule has 1 aliphatic heterocycles. The van der Waals surface area contributed by atoms with Crippen LogP contribution in [0.15, 0.2) is 48.2 Å². The fourth-order valence-corrected chi connectivity index (χ4v) is 3.05. The highest BCUT2D eigenvalue weighted by Gasteiger charge is 2.19. The average molecular weight is 384 g/mol. The summed E-state index contributed by atoms with van der Waals surface area (Å²) in [6.07, 6.45) is 0. The van der Waals surface area contributed by atoms with E-state index in [2.05, 4.69) is 9.88 Å². The van der Waals surface area contributed by atoms with Crippen molar-refractivity contribution in [1.29, 1.82) is 0 Å². The number of carbonyl (C=O) groups is 1. The van der Waals surface area contributed by atoms with Crippen LogP contribution >= 0.6 is 0 Å². The van der Waals surface area contributed by atoms with E-state index in [0.29, 0.717) is 30.4 Å². The van der Waals surface area contributed by atoms with Crippen LogP contribution in [0.25, 0.3) is 5.57 Å². The number of pyridine rings is 1. The van der Waals surface area contributed by atoms with E-state index in [1.807, 2.05) is 24.3 Å². The first-order valence-electron chi connectivity index (χ1n) is 9.09. The van der Waals surface area contributed by atoms with Crippen LogP contribution < -0.4 is 9.64 Å². The molecule has 1 aromatic heterocycles. The van der Waals surface area contributed by atoms with Gasteiger partial charge in [-0.05, 0) is 24.1 Å². The zero-order chi connectivity index (χ0) is 19.9. The van der Waals surface area contributed by atoms with Crippen molar-refractivity contribution in [2.45, 2.75) is 13.5 Å². The minimum atomic E-state index is -1.04. The summed E-state index contributed by atoms with van der Waals surface area (Å²) in [6, 6.07) is 12.9. The Bertz CT molecular complexity index is 859. The zero-order valence-corrected chi connectivity index (χ0v) is 16.1. The Morgan fingerprint density at radius 2 is 1.93 bits per heavy atom. The van der Waals surface area contributed by atoms with E-state index in [4.69, 9.17) is 14.2 Å². The van der Waals surface area contributed by atoms with Gasteiger partial charge < -0.3 is 24.2 Å². The van der Waals surface area contributed by atoms with Gasteiger partial charge in [-0.2, -0.15) is 4.98 Å². The molecule has 0 spiro atoms. The first kappa shape index (κ1) is 19.7. The lowest BCUT2D eigenvalue weighted by Crippen LogP contribution is -2.36. The Kier molecular flexibility index (Phi) is 6.49. The predicted octanol–water partition coefficient (Wildman–Crippen LogP) is 2.96. The van der Waals surface area contributed by atoms with Crippen molar-refractivity contribution in [3.63, 3.8) is 0 Å². The number of ether oxygens (including phenoxy) is 3. The second-order valence-corrected chi connectivity index (χ2v) is 6.32. The van der Waals surface area contributed by atoms with Crippen molar-refractivity contribution >= 4 is 17.4 Å². The van der Waals surface area contributed by atoms with Gasteiger partial charge in [-0.1, -0.05) is 30.3 Å². The van der Waals surface area contributed by atoms with Crippen LogP contribution in [-0.4, -0.2) is 49.5 Å². The van der Waals surface area contributed by atoms with E-state index < -0.39 is 5.97 Å². The van der Waals surface area contributed by atoms with E-state index in [1.165, 1.54) is 7.11 Å². The first-order valence-corrected chi connectivity index (χ1v) is 9.09. The van der Waals surface area contributed by atoms with Gasteiger partial charge in [0.25, 0.3) is 0 Å². The molecule has 28 heavy (non-hydrogen) atoms. The quantitative estimate of drug-likeness (QED) is 0.581. The fraction of sp³-hybridized carbons (Fsp3) is 0.333. The van der Waals surface area contributed by atoms with E-state index >= 15 is 0 Å². The smallest absolute Gasteiger partial charge is 0.339 e. The Morgan fingerprint density at radius 1 is 1.18 bits per heavy atom. The summed E-state index contributed by atoms with van der Waals surface area (Å²) < 4.78 is 16.4. The Morgan fingerprint density at radius 3 is 2.64 bits per heavy atom. The molecule has 1 N–H and O–H groups in total. The summed E-state index contributed by atoms with van der Waals surface area (Å²) in [6.45, 7) is 4.79. The monoisotopic (exact) mass is 384 g/mol. The molecule has 2 heterocycles. The molecule has 0 atom stereocenters. The molecule has 1 saturated heterocycles. The summed E-state index contributed by atoms with van der Waals surface area (Å²) in [5.41, 5.74) is 1.44. The van der Waals surface area contributed by atoms with Crippen LogP contribution in [0.2, 0.25) is 0 Å². The fourth-order valence-electron chi connectivity index (χ4n) is 3.05. The van der Waals surface area contributed by atoms with Gasteiger partial charge in [-0.25, -0.2) is 4.79 Å². The topological polar surface area (TPSA) is 81.1 Å². The van der Waals surface area contributed by atoms with Crippen molar-refractivity contribution in [3.8, 4) is 5.88 Å². The number of morpholine rings is 1. The molecule has 0 bridgehead atoms. The largest absolute Gasteiger partial charge is 0.500 e. The molecule has 1 fully saturated rings. The van der Waals surface area contributed by atoms with Gasteiger partial charge in [0.05, 0.1) is 20.3 Å². The van der Waals surface area contributed by atoms with Crippen molar-refractivity contribution in [3.05, 3.63) is 59.4 Å². The number of carboxylic acid groups (broad SMARTS) is 1. The number of aliphatic carboxylic acids is 1. The lowest BCUT2D eigenvalue weighted by atomic mass is 9.99. The summed E-state index contributed by atoms with van der Waals surface area (Å²) in [4.78, 5) is 18.5. The molecule has 0 radical (unpaired) electrons. The van der Waals surface area contributed by atoms with E-state index in [1.54, 1.807) is 25.1 Å². The van der Waals surface area contributed by atoms with Crippen LogP contribution in [0.5, 0.6) is 5.88 Å². The molecule has 7 nitrogen and oxygen atoms in total. The lowest BCUT2D eigenvalue weighted by molar-refractivity contribution is -0.130. The number of hydrogen-bond acceptors (Lipinski definition) is 6. The van der Waals surface area contributed by atoms with Crippen molar-refractivity contribution < 1.29 is 24.1 Å². The first-order chi connectivity index (χ1) is 13.6. The lowest BCUT2D eigenvalue weighted by Gasteiger charge is -2.27. The third-order valence-electron chi connectivity index (χ3n) is 4.58. The maximum absolute atomic E-state index is 11.7. The number of hydrogen-bond donors (Lipinski definition) is 1. The Hall–Kier alpha value is -3.06. The number of benzene rings is 1. The highest BCUT2D eigenvalue weighted by molar-refractivity contribution is 6.16. The SMILES string of the molecule is CO/C(C)=C(/C(=O)O)c1ccccc1COc1cccc(N2CCOCC2)n1. The Balaban J connectivity index is 1.80. The van der Waals surface area contributed by atoms with Crippen LogP contribution in [-0.2, 0) is 20.9 Å². The number of anilines is 1. The number of aromatic nitrogens is 1. The van der Waals surface area contributed by atoms with Crippen molar-refractivity contribution in [2.75, 3.05) is 38.3 Å². The molecular weight excluding hydrogens is 360 g/mol. The van der Waals surface area contributed by atoms with Crippen LogP contribution in [0.4, 0.5) is 5.82 Å². The standard InChI is InChI=1S/C21H24N2O5/c1-15(26-2)20(21(24)25)17-7-4-3-6-16(17)14-28-19-9-5-8-18(22-19)23-10-12-27-13-11-23/h3-9H,10-14H2,1-2H3,(H,24,25)/b20-15+. The molecule has 3 rings (SSSR count). The average Bonchev–Trinajstić information content (AvgIpc) is 2.73. The normalized spacial score (nSPS) is 15.0. The van der Waals surface area contributed by atoms with E-state index in [-0.39, 0.29) is 12.2 Å². The third-order valence-corrected chi connectivity index (χ3v) is 4.58. The van der Waals surface area contributed by atoms with Crippen LogP contribution in [0, 0.1) is 0 Å². The highest BCUT2D eigenvalue weighted by atomic mass is 16.5. The molecule has 0 saturated carbocycles. The number of rotatable bonds is 7. The molecular formula is C21H24N2O5. The maximum atomic E-state index is 11.7. The van der Waals surface area contributed by atoms with Crippen LogP contribution in [0.3, 0.4) is 0 Å². The second kappa shape index (κ2) is 9.23. The summed E-state index contributed by atoms with van der Waals surface area (Å²) in [5.74, 6) is 0.630. The third kappa shape index (κ3) is 4.61. The van der Waals surface area contributed by atoms with Crippen molar-refractivity contribution in [2.24, 2.45) is 0 Å². The zero-order valence-electron chi connectivity index (χ0n) is 16.1. The Labute approximate surface area is 164 Å². The van der Waals surface area contributed by atoms with Gasteiger partial charge in [-0.3, -0.25) is 0 Å². The minimum Gasteiger partial charge on any atom is -0.500 e. The van der Waals surface area contributed by atoms with Gasteiger partial charge in [0.1, 0.15) is 23.8 Å². The molecule has 2 aromatic rings. The molecule has 1 aromatic carbocycles. The van der Waals surface area contributed by atoms with Gasteiger partial charge in [0.2, 0.25) is 5.88 Å². The number of carboxylic acids is 1. The van der Waals surface area contributed by atoms with E-state index in [9.17, 15) is 9.90 Å². The van der Waals surface area contributed by atoms with Crippen molar-refractivity contribution in [1.82, 2.24) is 4.98 Å². The molecule has 0 unspecified atom stereocenters. The molecule has 0 amide bonds. The van der Waals surface area contributed by atoms with Gasteiger partial charge >= 0.3 is 5.97 Å². The van der Waals surface area contributed by atoms with Gasteiger partial charge in [0.15, 0.2) is 0 Å². The molecule has 1 aliphatic rings. The summed E-state index contributed by atoms with van der Waals surface area (Å²) >= 11 is 0. The van der Waals surface area contributed by atoms with Gasteiger partial charge in [-0.15, -0.1) is 0 Å². The minimum absolute atomic E-state index is 0.122. The molecule has 7 heteroatoms. The highest BCUT2D eigenvalue weighted by Crippen LogP contribution is 2.25. The number of allylic oxidation sites excluding steroid dienone is 1. The van der Waals surface area contributed by atoms with Crippen LogP contribution in [0.1, 0.15) is 18.1 Å². The summed E-state index contributed by atoms with van der Waals surface area (Å²) in [5, 5.41) is 9.61. The van der Waals surface area contributed by atoms with Gasteiger partial charge in [0, 0.05) is 19.2 Å². The number of methoxy groups -OCH3 is 1. The summed E-state index contributed by atoms with van der Waals surface area (Å²) in [7, 11) is 1.46. The number of nitrogens with zero attached hydrogens (tertiary/aromatic N) is 2. The second-order valence-electron chi connectivity index (χ2n) is 6.32.